The Morgan fingerprint density at radius 1 is 1.50 bits per heavy atom. The van der Waals surface area contributed by atoms with Crippen molar-refractivity contribution >= 4 is 5.91 Å². The van der Waals surface area contributed by atoms with Gasteiger partial charge in [0.25, 0.3) is 0 Å². The van der Waals surface area contributed by atoms with E-state index < -0.39 is 6.61 Å². The van der Waals surface area contributed by atoms with Gasteiger partial charge >= 0.3 is 0 Å². The molecule has 0 aliphatic heterocycles. The van der Waals surface area contributed by atoms with Crippen LogP contribution in [-0.4, -0.2) is 24.2 Å². The van der Waals surface area contributed by atoms with Crippen LogP contribution in [0, 0.1) is 11.3 Å². The number of aliphatic hydroxyl groups is 1. The van der Waals surface area contributed by atoms with Crippen LogP contribution in [-0.2, 0) is 4.79 Å². The van der Waals surface area contributed by atoms with E-state index in [-0.39, 0.29) is 11.3 Å². The summed E-state index contributed by atoms with van der Waals surface area (Å²) in [5.74, 6) is 0.209. The van der Waals surface area contributed by atoms with Crippen LogP contribution in [0.15, 0.2) is 0 Å². The maximum Gasteiger partial charge on any atom is 0.245 e. The molecule has 2 N–H and O–H groups in total. The summed E-state index contributed by atoms with van der Waals surface area (Å²) in [6.07, 6.45) is 0. The molecule has 0 radical (unpaired) electrons. The van der Waals surface area contributed by atoms with E-state index in [1.54, 1.807) is 0 Å². The van der Waals surface area contributed by atoms with E-state index in [2.05, 4.69) is 33.0 Å². The van der Waals surface area contributed by atoms with Gasteiger partial charge in [-0.05, 0) is 11.3 Å². The van der Waals surface area contributed by atoms with Crippen molar-refractivity contribution in [2.45, 2.75) is 27.7 Å². The van der Waals surface area contributed by atoms with Gasteiger partial charge in [-0.3, -0.25) is 4.79 Å². The van der Waals surface area contributed by atoms with E-state index in [0.717, 1.165) is 0 Å². The zero-order chi connectivity index (χ0) is 9.78. The molecule has 0 aromatic carbocycles. The van der Waals surface area contributed by atoms with Crippen LogP contribution in [0.3, 0.4) is 0 Å². The van der Waals surface area contributed by atoms with Crippen molar-refractivity contribution in [3.63, 3.8) is 0 Å². The quantitative estimate of drug-likeness (QED) is 0.660. The van der Waals surface area contributed by atoms with Crippen LogP contribution in [0.5, 0.6) is 0 Å². The molecule has 0 aromatic heterocycles. The third kappa shape index (κ3) is 3.72. The van der Waals surface area contributed by atoms with Crippen LogP contribution in [0.2, 0.25) is 0 Å². The molecule has 0 aliphatic rings. The number of carbonyl (C=O) groups excluding carboxylic acids is 1. The molecule has 0 fully saturated rings. The maximum atomic E-state index is 10.7. The second-order valence-corrected chi connectivity index (χ2v) is 4.08. The summed E-state index contributed by atoms with van der Waals surface area (Å²) in [6.45, 7) is 8.61. The first-order valence-electron chi connectivity index (χ1n) is 4.27. The summed E-state index contributed by atoms with van der Waals surface area (Å²) in [6, 6.07) is 0. The molecule has 0 atom stereocenters. The van der Waals surface area contributed by atoms with Crippen molar-refractivity contribution in [1.82, 2.24) is 5.32 Å². The van der Waals surface area contributed by atoms with Gasteiger partial charge in [0, 0.05) is 6.54 Å². The molecule has 3 heteroatoms. The minimum Gasteiger partial charge on any atom is -0.387 e. The molecular weight excluding hydrogens is 154 g/mol. The molecule has 1 amide bonds. The normalized spacial score (nSPS) is 11.8. The number of amides is 1. The standard InChI is InChI=1S/C9H19NO2/c1-7(2)9(3,4)6-10-8(12)5-11/h7,11H,5-6H2,1-4H3,(H,10,12). The molecule has 72 valence electrons. The summed E-state index contributed by atoms with van der Waals surface area (Å²) >= 11 is 0. The second kappa shape index (κ2) is 4.45. The molecule has 0 unspecified atom stereocenters. The number of hydrogen-bond acceptors (Lipinski definition) is 2. The SMILES string of the molecule is CC(C)C(C)(C)CNC(=O)CO. The van der Waals surface area contributed by atoms with Crippen LogP contribution >= 0.6 is 0 Å². The fraction of sp³-hybridized carbons (Fsp3) is 0.889. The van der Waals surface area contributed by atoms with Crippen molar-refractivity contribution in [2.24, 2.45) is 11.3 Å². The Bertz CT molecular complexity index is 153. The van der Waals surface area contributed by atoms with Crippen molar-refractivity contribution in [3.05, 3.63) is 0 Å². The summed E-state index contributed by atoms with van der Waals surface area (Å²) in [4.78, 5) is 10.7. The van der Waals surface area contributed by atoms with Crippen molar-refractivity contribution in [2.75, 3.05) is 13.2 Å². The van der Waals surface area contributed by atoms with Crippen LogP contribution in [0.1, 0.15) is 27.7 Å². The lowest BCUT2D eigenvalue weighted by Gasteiger charge is -2.29. The van der Waals surface area contributed by atoms with Crippen LogP contribution in [0.25, 0.3) is 0 Å². The van der Waals surface area contributed by atoms with Gasteiger partial charge in [-0.25, -0.2) is 0 Å². The zero-order valence-electron chi connectivity index (χ0n) is 8.35. The molecule has 0 heterocycles. The Morgan fingerprint density at radius 2 is 2.00 bits per heavy atom. The fourth-order valence-corrected chi connectivity index (χ4v) is 0.586. The minimum atomic E-state index is -0.422. The lowest BCUT2D eigenvalue weighted by molar-refractivity contribution is -0.124. The summed E-state index contributed by atoms with van der Waals surface area (Å²) < 4.78 is 0. The van der Waals surface area contributed by atoms with E-state index in [9.17, 15) is 4.79 Å². The van der Waals surface area contributed by atoms with Crippen molar-refractivity contribution in [1.29, 1.82) is 0 Å². The van der Waals surface area contributed by atoms with E-state index >= 15 is 0 Å². The third-order valence-electron chi connectivity index (χ3n) is 2.45. The predicted octanol–water partition coefficient (Wildman–Crippen LogP) is 0.777. The summed E-state index contributed by atoms with van der Waals surface area (Å²) in [7, 11) is 0. The Balaban J connectivity index is 3.83. The number of carbonyl (C=O) groups is 1. The topological polar surface area (TPSA) is 49.3 Å². The molecule has 0 spiro atoms. The van der Waals surface area contributed by atoms with E-state index in [1.165, 1.54) is 0 Å². The molecule has 0 bridgehead atoms. The average molecular weight is 173 g/mol. The van der Waals surface area contributed by atoms with Gasteiger partial charge in [-0.1, -0.05) is 27.7 Å². The first-order chi connectivity index (χ1) is 5.40. The Labute approximate surface area is 74.2 Å². The fourth-order valence-electron chi connectivity index (χ4n) is 0.586. The Kier molecular flexibility index (Phi) is 4.24. The van der Waals surface area contributed by atoms with Gasteiger partial charge in [-0.2, -0.15) is 0 Å². The molecule has 0 saturated carbocycles. The van der Waals surface area contributed by atoms with Gasteiger partial charge in [0.1, 0.15) is 6.61 Å². The summed E-state index contributed by atoms with van der Waals surface area (Å²) in [5, 5.41) is 11.1. The Morgan fingerprint density at radius 3 is 2.33 bits per heavy atom. The molecule has 0 rings (SSSR count). The second-order valence-electron chi connectivity index (χ2n) is 4.08. The Hall–Kier alpha value is -0.570. The third-order valence-corrected chi connectivity index (χ3v) is 2.45. The van der Waals surface area contributed by atoms with Gasteiger partial charge in [0.05, 0.1) is 0 Å². The first-order valence-corrected chi connectivity index (χ1v) is 4.27. The highest BCUT2D eigenvalue weighted by molar-refractivity contribution is 5.76. The predicted molar refractivity (Wildman–Crippen MR) is 48.7 cm³/mol. The highest BCUT2D eigenvalue weighted by atomic mass is 16.3. The van der Waals surface area contributed by atoms with Crippen molar-refractivity contribution in [3.8, 4) is 0 Å². The highest BCUT2D eigenvalue weighted by Gasteiger charge is 2.22. The highest BCUT2D eigenvalue weighted by Crippen LogP contribution is 2.24. The number of nitrogens with one attached hydrogen (secondary N) is 1. The number of aliphatic hydroxyl groups excluding tert-OH is 1. The molecule has 3 nitrogen and oxygen atoms in total. The monoisotopic (exact) mass is 173 g/mol. The van der Waals surface area contributed by atoms with Gasteiger partial charge in [0.15, 0.2) is 0 Å². The first kappa shape index (κ1) is 11.4. The van der Waals surface area contributed by atoms with Crippen molar-refractivity contribution < 1.29 is 9.90 Å². The lowest BCUT2D eigenvalue weighted by atomic mass is 9.81. The molecule has 0 aliphatic carbocycles. The average Bonchev–Trinajstić information content (AvgIpc) is 2.00. The smallest absolute Gasteiger partial charge is 0.245 e. The largest absolute Gasteiger partial charge is 0.387 e. The minimum absolute atomic E-state index is 0.0881. The lowest BCUT2D eigenvalue weighted by Crippen LogP contribution is -2.38. The van der Waals surface area contributed by atoms with Gasteiger partial charge in [-0.15, -0.1) is 0 Å². The number of hydrogen-bond donors (Lipinski definition) is 2. The molecule has 12 heavy (non-hydrogen) atoms. The van der Waals surface area contributed by atoms with Crippen LogP contribution < -0.4 is 5.32 Å². The van der Waals surface area contributed by atoms with E-state index in [4.69, 9.17) is 5.11 Å². The van der Waals surface area contributed by atoms with Crippen LogP contribution in [0.4, 0.5) is 0 Å². The molecular formula is C9H19NO2. The van der Waals surface area contributed by atoms with Gasteiger partial charge < -0.3 is 10.4 Å². The van der Waals surface area contributed by atoms with Gasteiger partial charge in [0.2, 0.25) is 5.91 Å². The summed E-state index contributed by atoms with van der Waals surface area (Å²) in [5.41, 5.74) is 0.0881. The molecule has 0 saturated heterocycles. The van der Waals surface area contributed by atoms with E-state index in [0.29, 0.717) is 12.5 Å². The number of rotatable bonds is 4. The van der Waals surface area contributed by atoms with E-state index in [1.807, 2.05) is 0 Å². The maximum absolute atomic E-state index is 10.7. The zero-order valence-corrected chi connectivity index (χ0v) is 8.35. The molecule has 0 aromatic rings.